The van der Waals surface area contributed by atoms with Crippen molar-refractivity contribution in [3.63, 3.8) is 0 Å². The van der Waals surface area contributed by atoms with Gasteiger partial charge >= 0.3 is 0 Å². The number of benzene rings is 1. The van der Waals surface area contributed by atoms with Gasteiger partial charge in [-0.2, -0.15) is 0 Å². The van der Waals surface area contributed by atoms with Gasteiger partial charge in [-0.15, -0.1) is 0 Å². The molecule has 82 valence electrons. The number of rotatable bonds is 1. The molecule has 0 spiro atoms. The third-order valence-corrected chi connectivity index (χ3v) is 2.71. The van der Waals surface area contributed by atoms with Crippen LogP contribution in [0.15, 0.2) is 28.9 Å². The van der Waals surface area contributed by atoms with Crippen molar-refractivity contribution >= 4 is 27.5 Å². The first-order chi connectivity index (χ1) is 7.56. The van der Waals surface area contributed by atoms with Crippen LogP contribution in [0.4, 0.5) is 4.39 Å². The first kappa shape index (κ1) is 11.5. The summed E-state index contributed by atoms with van der Waals surface area (Å²) in [5.41, 5.74) is 1.43. The molecule has 2 rings (SSSR count). The molecule has 0 saturated carbocycles. The Morgan fingerprint density at radius 1 is 1.25 bits per heavy atom. The number of nitrogens with zero attached hydrogens (tertiary/aromatic N) is 2. The van der Waals surface area contributed by atoms with Crippen LogP contribution in [0, 0.1) is 12.7 Å². The maximum atomic E-state index is 12.9. The Morgan fingerprint density at radius 3 is 2.62 bits per heavy atom. The molecule has 0 fully saturated rings. The van der Waals surface area contributed by atoms with Crippen molar-refractivity contribution in [3.05, 3.63) is 45.4 Å². The van der Waals surface area contributed by atoms with Gasteiger partial charge in [0.25, 0.3) is 0 Å². The van der Waals surface area contributed by atoms with E-state index in [4.69, 9.17) is 11.6 Å². The molecule has 0 saturated heterocycles. The third-order valence-electron chi connectivity index (χ3n) is 1.99. The molecule has 0 unspecified atom stereocenters. The monoisotopic (exact) mass is 300 g/mol. The largest absolute Gasteiger partial charge is 0.233 e. The lowest BCUT2D eigenvalue weighted by molar-refractivity contribution is 0.628. The quantitative estimate of drug-likeness (QED) is 0.744. The van der Waals surface area contributed by atoms with Gasteiger partial charge in [0.2, 0.25) is 0 Å². The second-order valence-corrected chi connectivity index (χ2v) is 4.50. The predicted octanol–water partition coefficient (Wildman–Crippen LogP) is 4.01. The third kappa shape index (κ3) is 2.39. The standard InChI is InChI=1S/C11H7BrClFN2/c1-6-4-10(12)16-11(15-6)8-3-2-7(14)5-9(8)13/h2-5H,1H3. The Hall–Kier alpha value is -1.00. The van der Waals surface area contributed by atoms with Crippen molar-refractivity contribution in [2.75, 3.05) is 0 Å². The van der Waals surface area contributed by atoms with Crippen molar-refractivity contribution in [2.24, 2.45) is 0 Å². The van der Waals surface area contributed by atoms with Crippen LogP contribution in [0.2, 0.25) is 5.02 Å². The fraction of sp³-hybridized carbons (Fsp3) is 0.0909. The molecule has 0 aliphatic carbocycles. The van der Waals surface area contributed by atoms with Crippen molar-refractivity contribution in [1.82, 2.24) is 9.97 Å². The van der Waals surface area contributed by atoms with Gasteiger partial charge in [-0.25, -0.2) is 14.4 Å². The van der Waals surface area contributed by atoms with Crippen LogP contribution < -0.4 is 0 Å². The lowest BCUT2D eigenvalue weighted by Gasteiger charge is -2.04. The van der Waals surface area contributed by atoms with Gasteiger partial charge in [0.05, 0.1) is 5.02 Å². The van der Waals surface area contributed by atoms with E-state index in [1.165, 1.54) is 12.1 Å². The van der Waals surface area contributed by atoms with Gasteiger partial charge in [-0.1, -0.05) is 11.6 Å². The van der Waals surface area contributed by atoms with E-state index in [9.17, 15) is 4.39 Å². The maximum absolute atomic E-state index is 12.9. The molecule has 0 atom stereocenters. The summed E-state index contributed by atoms with van der Waals surface area (Å²) in [5, 5.41) is 0.303. The van der Waals surface area contributed by atoms with Crippen molar-refractivity contribution in [2.45, 2.75) is 6.92 Å². The number of hydrogen-bond acceptors (Lipinski definition) is 2. The second-order valence-electron chi connectivity index (χ2n) is 3.28. The van der Waals surface area contributed by atoms with Crippen LogP contribution in [0.1, 0.15) is 5.69 Å². The number of aryl methyl sites for hydroxylation is 1. The average molecular weight is 302 g/mol. The average Bonchev–Trinajstić information content (AvgIpc) is 2.15. The molecular weight excluding hydrogens is 294 g/mol. The maximum Gasteiger partial charge on any atom is 0.162 e. The zero-order valence-corrected chi connectivity index (χ0v) is 10.7. The fourth-order valence-electron chi connectivity index (χ4n) is 1.32. The molecule has 0 aliphatic heterocycles. The Balaban J connectivity index is 2.58. The van der Waals surface area contributed by atoms with Crippen LogP contribution in [0.3, 0.4) is 0 Å². The van der Waals surface area contributed by atoms with Gasteiger partial charge in [0.15, 0.2) is 5.82 Å². The molecule has 1 aromatic carbocycles. The summed E-state index contributed by atoms with van der Waals surface area (Å²) in [6.07, 6.45) is 0. The summed E-state index contributed by atoms with van der Waals surface area (Å²) < 4.78 is 13.6. The van der Waals surface area contributed by atoms with E-state index in [2.05, 4.69) is 25.9 Å². The van der Waals surface area contributed by atoms with Gasteiger partial charge in [-0.05, 0) is 47.1 Å². The Labute approximate surface area is 106 Å². The summed E-state index contributed by atoms with van der Waals surface area (Å²) in [6, 6.07) is 5.94. The molecule has 16 heavy (non-hydrogen) atoms. The van der Waals surface area contributed by atoms with Crippen molar-refractivity contribution < 1.29 is 4.39 Å². The minimum atomic E-state index is -0.375. The molecular formula is C11H7BrClFN2. The fourth-order valence-corrected chi connectivity index (χ4v) is 2.07. The Kier molecular flexibility index (Phi) is 3.21. The minimum absolute atomic E-state index is 0.303. The number of halogens is 3. The van der Waals surface area contributed by atoms with Gasteiger partial charge in [-0.3, -0.25) is 0 Å². The van der Waals surface area contributed by atoms with E-state index in [1.807, 2.05) is 6.92 Å². The zero-order chi connectivity index (χ0) is 11.7. The molecule has 2 aromatic rings. The van der Waals surface area contributed by atoms with Gasteiger partial charge in [0.1, 0.15) is 10.4 Å². The highest BCUT2D eigenvalue weighted by Crippen LogP contribution is 2.26. The van der Waals surface area contributed by atoms with Crippen LogP contribution in [-0.4, -0.2) is 9.97 Å². The zero-order valence-electron chi connectivity index (χ0n) is 8.34. The summed E-state index contributed by atoms with van der Waals surface area (Å²) in [4.78, 5) is 8.44. The Bertz CT molecular complexity index is 525. The van der Waals surface area contributed by atoms with E-state index in [-0.39, 0.29) is 5.82 Å². The molecule has 0 N–H and O–H groups in total. The summed E-state index contributed by atoms with van der Waals surface area (Å²) in [5.74, 6) is 0.109. The van der Waals surface area contributed by atoms with Crippen molar-refractivity contribution in [1.29, 1.82) is 0 Å². The first-order valence-electron chi connectivity index (χ1n) is 4.53. The molecule has 5 heteroatoms. The predicted molar refractivity (Wildman–Crippen MR) is 64.9 cm³/mol. The smallest absolute Gasteiger partial charge is 0.162 e. The highest BCUT2D eigenvalue weighted by Gasteiger charge is 2.08. The second kappa shape index (κ2) is 4.47. The number of hydrogen-bond donors (Lipinski definition) is 0. The highest BCUT2D eigenvalue weighted by molar-refractivity contribution is 9.10. The topological polar surface area (TPSA) is 25.8 Å². The van der Waals surface area contributed by atoms with E-state index in [1.54, 1.807) is 12.1 Å². The molecule has 0 aliphatic rings. The van der Waals surface area contributed by atoms with Crippen LogP contribution in [0.25, 0.3) is 11.4 Å². The van der Waals surface area contributed by atoms with Crippen molar-refractivity contribution in [3.8, 4) is 11.4 Å². The summed E-state index contributed by atoms with van der Waals surface area (Å²) in [6.45, 7) is 1.85. The molecule has 0 amide bonds. The number of aromatic nitrogens is 2. The van der Waals surface area contributed by atoms with E-state index < -0.39 is 0 Å². The van der Waals surface area contributed by atoms with Crippen LogP contribution in [-0.2, 0) is 0 Å². The molecule has 1 aromatic heterocycles. The molecule has 0 radical (unpaired) electrons. The molecule has 0 bridgehead atoms. The normalized spacial score (nSPS) is 10.5. The van der Waals surface area contributed by atoms with Gasteiger partial charge in [0, 0.05) is 11.3 Å². The summed E-state index contributed by atoms with van der Waals surface area (Å²) >= 11 is 9.21. The molecule has 1 heterocycles. The van der Waals surface area contributed by atoms with Gasteiger partial charge < -0.3 is 0 Å². The summed E-state index contributed by atoms with van der Waals surface area (Å²) in [7, 11) is 0. The first-order valence-corrected chi connectivity index (χ1v) is 5.70. The SMILES string of the molecule is Cc1cc(Br)nc(-c2ccc(F)cc2Cl)n1. The van der Waals surface area contributed by atoms with Crippen LogP contribution >= 0.6 is 27.5 Å². The Morgan fingerprint density at radius 2 is 2.00 bits per heavy atom. The highest BCUT2D eigenvalue weighted by atomic mass is 79.9. The molecule has 2 nitrogen and oxygen atoms in total. The van der Waals surface area contributed by atoms with E-state index in [0.717, 1.165) is 5.69 Å². The lowest BCUT2D eigenvalue weighted by atomic mass is 10.2. The minimum Gasteiger partial charge on any atom is -0.233 e. The lowest BCUT2D eigenvalue weighted by Crippen LogP contribution is -1.93. The van der Waals surface area contributed by atoms with E-state index >= 15 is 0 Å². The van der Waals surface area contributed by atoms with Crippen LogP contribution in [0.5, 0.6) is 0 Å². The van der Waals surface area contributed by atoms with E-state index in [0.29, 0.717) is 21.0 Å².